The molecule has 0 aliphatic carbocycles. The minimum absolute atomic E-state index is 0. The number of nitrogens with zero attached hydrogens (tertiary/aromatic N) is 4. The van der Waals surface area contributed by atoms with Crippen molar-refractivity contribution in [2.75, 3.05) is 11.9 Å². The van der Waals surface area contributed by atoms with Gasteiger partial charge in [-0.15, -0.1) is 0 Å². The molecule has 33 heavy (non-hydrogen) atoms. The van der Waals surface area contributed by atoms with Crippen LogP contribution in [0.2, 0.25) is 0 Å². The van der Waals surface area contributed by atoms with Crippen LogP contribution in [0.3, 0.4) is 0 Å². The molecule has 0 bridgehead atoms. The van der Waals surface area contributed by atoms with Gasteiger partial charge in [0.25, 0.3) is 7.82 Å². The standard InChI is InChI=1S/C18H24N5O8P.Na/c1-3-5-11(24)22-16-13-17(20-8-19-16)23(9-21-13)18-15(30-12(25)6-4-2)14-10(29-18)7-28-32(26,27)31-14;/h8-10,14-15,18H,3-7H2,1-2H3,(H,26,27)(H,19,20,22,24);/q;+1/p-1/t10-,14-,15-,18+;/m1./s1. The van der Waals surface area contributed by atoms with E-state index in [1.54, 1.807) is 0 Å². The van der Waals surface area contributed by atoms with E-state index in [1.165, 1.54) is 17.2 Å². The zero-order chi connectivity index (χ0) is 22.9. The van der Waals surface area contributed by atoms with Crippen LogP contribution in [0, 0.1) is 0 Å². The van der Waals surface area contributed by atoms with Crippen LogP contribution in [0.25, 0.3) is 11.2 Å². The van der Waals surface area contributed by atoms with Crippen LogP contribution >= 0.6 is 7.82 Å². The molecule has 4 heterocycles. The largest absolute Gasteiger partial charge is 1.00 e. The summed E-state index contributed by atoms with van der Waals surface area (Å²) in [5.41, 5.74) is 0.610. The Balaban J connectivity index is 0.00000306. The van der Waals surface area contributed by atoms with E-state index in [2.05, 4.69) is 20.3 Å². The smallest absolute Gasteiger partial charge is 0.756 e. The molecule has 0 saturated carbocycles. The molecule has 5 atom stereocenters. The molecular weight excluding hydrogens is 468 g/mol. The summed E-state index contributed by atoms with van der Waals surface area (Å²) in [7, 11) is -4.55. The zero-order valence-electron chi connectivity index (χ0n) is 18.5. The predicted octanol–water partition coefficient (Wildman–Crippen LogP) is -1.94. The molecule has 1 N–H and O–H groups in total. The van der Waals surface area contributed by atoms with Crippen LogP contribution in [-0.2, 0) is 32.7 Å². The monoisotopic (exact) mass is 491 g/mol. The second kappa shape index (κ2) is 10.9. The van der Waals surface area contributed by atoms with Crippen LogP contribution in [0.5, 0.6) is 0 Å². The van der Waals surface area contributed by atoms with Crippen molar-refractivity contribution in [1.82, 2.24) is 19.5 Å². The Morgan fingerprint density at radius 2 is 2.03 bits per heavy atom. The molecule has 174 valence electrons. The first kappa shape index (κ1) is 26.2. The van der Waals surface area contributed by atoms with Gasteiger partial charge in [0.1, 0.15) is 18.5 Å². The second-order valence-electron chi connectivity index (χ2n) is 7.43. The number of hydrogen-bond donors (Lipinski definition) is 1. The molecule has 1 amide bonds. The van der Waals surface area contributed by atoms with E-state index in [0.717, 1.165) is 0 Å². The maximum Gasteiger partial charge on any atom is 1.00 e. The van der Waals surface area contributed by atoms with Gasteiger partial charge in [-0.05, 0) is 12.8 Å². The zero-order valence-corrected chi connectivity index (χ0v) is 21.4. The number of esters is 1. The quantitative estimate of drug-likeness (QED) is 0.260. The van der Waals surface area contributed by atoms with E-state index in [1.807, 2.05) is 13.8 Å². The summed E-state index contributed by atoms with van der Waals surface area (Å²) in [6.45, 7) is 3.43. The van der Waals surface area contributed by atoms with Crippen molar-refractivity contribution in [2.24, 2.45) is 0 Å². The van der Waals surface area contributed by atoms with Gasteiger partial charge in [0, 0.05) is 12.8 Å². The SMILES string of the molecule is CCCC(=O)Nc1ncnc2c1ncn2[C@H]1O[C@@H]2COP(=O)([O-])O[C@H]2[C@H]1OC(=O)CCC.[Na+]. The number of phosphoric acid groups is 1. The fourth-order valence-corrected chi connectivity index (χ4v) is 4.57. The Morgan fingerprint density at radius 1 is 1.27 bits per heavy atom. The number of imidazole rings is 1. The van der Waals surface area contributed by atoms with Crippen molar-refractivity contribution in [2.45, 2.75) is 64.1 Å². The molecule has 2 fully saturated rings. The molecule has 1 unspecified atom stereocenters. The number of fused-ring (bicyclic) bond motifs is 2. The van der Waals surface area contributed by atoms with Gasteiger partial charge in [-0.25, -0.2) is 15.0 Å². The first-order valence-corrected chi connectivity index (χ1v) is 11.7. The molecule has 0 spiro atoms. The molecule has 15 heteroatoms. The van der Waals surface area contributed by atoms with Crippen molar-refractivity contribution in [3.05, 3.63) is 12.7 Å². The third-order valence-electron chi connectivity index (χ3n) is 5.02. The van der Waals surface area contributed by atoms with E-state index in [4.69, 9.17) is 18.5 Å². The topological polar surface area (TPSA) is 167 Å². The van der Waals surface area contributed by atoms with Crippen molar-refractivity contribution < 1.29 is 67.1 Å². The number of phosphoric ester groups is 1. The fourth-order valence-electron chi connectivity index (χ4n) is 3.63. The molecular formula is C18H23N5NaO8P. The Bertz CT molecular complexity index is 1070. The minimum Gasteiger partial charge on any atom is -0.756 e. The molecule has 2 aromatic rings. The van der Waals surface area contributed by atoms with Gasteiger partial charge < -0.3 is 28.7 Å². The molecule has 4 rings (SSSR count). The summed E-state index contributed by atoms with van der Waals surface area (Å²) in [6, 6.07) is 0. The van der Waals surface area contributed by atoms with E-state index in [-0.39, 0.29) is 54.3 Å². The average Bonchev–Trinajstić information content (AvgIpc) is 3.30. The van der Waals surface area contributed by atoms with Gasteiger partial charge in [-0.1, -0.05) is 13.8 Å². The number of anilines is 1. The number of ether oxygens (including phenoxy) is 2. The Hall–Kier alpha value is -1.44. The number of rotatable bonds is 7. The van der Waals surface area contributed by atoms with Crippen molar-refractivity contribution in [1.29, 1.82) is 0 Å². The van der Waals surface area contributed by atoms with Crippen LogP contribution < -0.4 is 39.8 Å². The number of carbonyl (C=O) groups is 2. The maximum atomic E-state index is 12.2. The summed E-state index contributed by atoms with van der Waals surface area (Å²) < 4.78 is 34.7. The number of hydrogen-bond acceptors (Lipinski definition) is 11. The van der Waals surface area contributed by atoms with Crippen LogP contribution in [0.1, 0.15) is 45.8 Å². The second-order valence-corrected chi connectivity index (χ2v) is 8.79. The van der Waals surface area contributed by atoms with Crippen LogP contribution in [0.15, 0.2) is 12.7 Å². The number of amides is 1. The number of aromatic nitrogens is 4. The fraction of sp³-hybridized carbons (Fsp3) is 0.611. The van der Waals surface area contributed by atoms with E-state index >= 15 is 0 Å². The minimum atomic E-state index is -4.55. The molecule has 2 aliphatic heterocycles. The summed E-state index contributed by atoms with van der Waals surface area (Å²) in [5, 5.41) is 2.70. The van der Waals surface area contributed by atoms with Gasteiger partial charge in [-0.2, -0.15) is 0 Å². The Morgan fingerprint density at radius 3 is 2.76 bits per heavy atom. The Kier molecular flexibility index (Phi) is 8.62. The van der Waals surface area contributed by atoms with Crippen molar-refractivity contribution >= 4 is 36.7 Å². The van der Waals surface area contributed by atoms with E-state index in [0.29, 0.717) is 30.4 Å². The average molecular weight is 491 g/mol. The molecule has 13 nitrogen and oxygen atoms in total. The number of carbonyl (C=O) groups excluding carboxylic acids is 2. The molecule has 0 radical (unpaired) electrons. The Labute approximate surface area is 211 Å². The van der Waals surface area contributed by atoms with Crippen molar-refractivity contribution in [3.8, 4) is 0 Å². The summed E-state index contributed by atoms with van der Waals surface area (Å²) in [6.07, 6.45) is 0.404. The molecule has 2 saturated heterocycles. The summed E-state index contributed by atoms with van der Waals surface area (Å²) in [5.74, 6) is -0.506. The summed E-state index contributed by atoms with van der Waals surface area (Å²) in [4.78, 5) is 48.7. The van der Waals surface area contributed by atoms with Gasteiger partial charge in [0.15, 0.2) is 29.3 Å². The third-order valence-corrected chi connectivity index (χ3v) is 5.99. The first-order chi connectivity index (χ1) is 15.3. The number of nitrogens with one attached hydrogen (secondary N) is 1. The molecule has 2 aliphatic rings. The predicted molar refractivity (Wildman–Crippen MR) is 106 cm³/mol. The van der Waals surface area contributed by atoms with Crippen LogP contribution in [-0.4, -0.2) is 56.3 Å². The summed E-state index contributed by atoms with van der Waals surface area (Å²) >= 11 is 0. The molecule has 0 aromatic carbocycles. The maximum absolute atomic E-state index is 12.2. The van der Waals surface area contributed by atoms with Gasteiger partial charge in [0.05, 0.1) is 12.9 Å². The first-order valence-electron chi connectivity index (χ1n) is 10.3. The van der Waals surface area contributed by atoms with Gasteiger partial charge in [0.2, 0.25) is 5.91 Å². The van der Waals surface area contributed by atoms with Gasteiger partial charge in [-0.3, -0.25) is 18.7 Å². The van der Waals surface area contributed by atoms with Gasteiger partial charge >= 0.3 is 35.5 Å². The molecule has 2 aromatic heterocycles. The third kappa shape index (κ3) is 5.63. The van der Waals surface area contributed by atoms with E-state index in [9.17, 15) is 19.0 Å². The van der Waals surface area contributed by atoms with E-state index < -0.39 is 38.3 Å². The van der Waals surface area contributed by atoms with Crippen LogP contribution in [0.4, 0.5) is 5.82 Å². The van der Waals surface area contributed by atoms with Crippen molar-refractivity contribution in [3.63, 3.8) is 0 Å². The normalized spacial score (nSPS) is 28.7.